The minimum atomic E-state index is -0.705. The molecule has 0 saturated carbocycles. The molecule has 2 heterocycles. The van der Waals surface area contributed by atoms with Gasteiger partial charge < -0.3 is 9.47 Å². The van der Waals surface area contributed by atoms with Crippen LogP contribution in [0.15, 0.2) is 67.3 Å². The molecule has 208 valence electrons. The maximum atomic E-state index is 15.2. The van der Waals surface area contributed by atoms with Gasteiger partial charge in [-0.25, -0.2) is 18.2 Å². The number of halogens is 3. The van der Waals surface area contributed by atoms with Gasteiger partial charge in [0.1, 0.15) is 30.1 Å². The van der Waals surface area contributed by atoms with Crippen molar-refractivity contribution in [1.29, 1.82) is 0 Å². The van der Waals surface area contributed by atoms with Crippen molar-refractivity contribution in [2.75, 3.05) is 13.2 Å². The van der Waals surface area contributed by atoms with Crippen LogP contribution in [0, 0.1) is 30.3 Å². The Labute approximate surface area is 232 Å². The summed E-state index contributed by atoms with van der Waals surface area (Å²) in [5, 5.41) is 4.19. The molecule has 0 radical (unpaired) electrons. The zero-order valence-corrected chi connectivity index (χ0v) is 23.4. The molecule has 3 aromatic rings. The summed E-state index contributed by atoms with van der Waals surface area (Å²) in [7, 11) is 0. The zero-order valence-electron chi connectivity index (χ0n) is 22.6. The molecule has 4 rings (SSSR count). The smallest absolute Gasteiger partial charge is 0.177 e. The number of benzene rings is 2. The maximum absolute atomic E-state index is 15.2. The molecule has 2 aromatic carbocycles. The van der Waals surface area contributed by atoms with Crippen LogP contribution in [-0.4, -0.2) is 44.8 Å². The van der Waals surface area contributed by atoms with Crippen molar-refractivity contribution in [3.8, 4) is 0 Å². The van der Waals surface area contributed by atoms with Crippen LogP contribution in [-0.2, 0) is 21.4 Å². The van der Waals surface area contributed by atoms with Gasteiger partial charge in [0, 0.05) is 22.3 Å². The molecule has 0 aliphatic carbocycles. The molecule has 0 spiro atoms. The van der Waals surface area contributed by atoms with E-state index in [2.05, 4.69) is 17.0 Å². The van der Waals surface area contributed by atoms with E-state index in [1.165, 1.54) is 18.5 Å². The molecule has 1 aromatic heterocycles. The third-order valence-corrected chi connectivity index (χ3v) is 8.66. The molecular formula is C30H34F3N3O2S. The second-order valence-corrected chi connectivity index (χ2v) is 11.8. The predicted molar refractivity (Wildman–Crippen MR) is 149 cm³/mol. The number of nitrogens with zero attached hydrogens (tertiary/aromatic N) is 3. The number of ether oxygens (including phenoxy) is 2. The van der Waals surface area contributed by atoms with Gasteiger partial charge >= 0.3 is 0 Å². The average Bonchev–Trinajstić information content (AvgIpc) is 3.40. The number of hydrogen-bond donors (Lipinski definition) is 0. The molecule has 0 amide bonds. The van der Waals surface area contributed by atoms with E-state index >= 15 is 4.39 Å². The third-order valence-electron chi connectivity index (χ3n) is 7.18. The standard InChI is InChI=1S/C30H34F3N3O2S/c1-20(2)30(17-36-19-34-18-35-36,26-12-11-24(31)14-28(26)33)22(4)39-25-15-37-29(38-16-25)8-6-5-7-23-10-9-21(3)13-27(23)32/h5-14,18-20,22,25,29H,15-17H2,1-4H3/b7-5+,8-6+. The van der Waals surface area contributed by atoms with Crippen LogP contribution in [0.1, 0.15) is 37.5 Å². The van der Waals surface area contributed by atoms with Gasteiger partial charge in [-0.1, -0.05) is 57.2 Å². The van der Waals surface area contributed by atoms with E-state index in [4.69, 9.17) is 9.47 Å². The van der Waals surface area contributed by atoms with Crippen LogP contribution < -0.4 is 0 Å². The lowest BCUT2D eigenvalue weighted by Crippen LogP contribution is -2.47. The highest BCUT2D eigenvalue weighted by atomic mass is 32.2. The van der Waals surface area contributed by atoms with E-state index in [9.17, 15) is 8.78 Å². The van der Waals surface area contributed by atoms with Gasteiger partial charge in [0.2, 0.25) is 0 Å². The lowest BCUT2D eigenvalue weighted by atomic mass is 9.69. The number of rotatable bonds is 10. The van der Waals surface area contributed by atoms with E-state index in [1.54, 1.807) is 59.2 Å². The molecule has 1 saturated heterocycles. The van der Waals surface area contributed by atoms with Crippen LogP contribution >= 0.6 is 11.8 Å². The van der Waals surface area contributed by atoms with Crippen molar-refractivity contribution in [1.82, 2.24) is 14.8 Å². The average molecular weight is 558 g/mol. The number of aryl methyl sites for hydroxylation is 1. The summed E-state index contributed by atoms with van der Waals surface area (Å²) in [6.45, 7) is 9.28. The SMILES string of the molecule is Cc1ccc(/C=C/C=C/C2OCC(SC(C)C(Cn3cncn3)(c3ccc(F)cc3F)C(C)C)CO2)c(F)c1. The second-order valence-electron chi connectivity index (χ2n) is 10.1. The summed E-state index contributed by atoms with van der Waals surface area (Å²) in [4.78, 5) is 4.06. The molecule has 1 aliphatic heterocycles. The lowest BCUT2D eigenvalue weighted by molar-refractivity contribution is -0.146. The molecule has 1 fully saturated rings. The highest BCUT2D eigenvalue weighted by Crippen LogP contribution is 2.45. The second kappa shape index (κ2) is 13.0. The van der Waals surface area contributed by atoms with Crippen LogP contribution in [0.3, 0.4) is 0 Å². The van der Waals surface area contributed by atoms with E-state index in [-0.39, 0.29) is 22.2 Å². The largest absolute Gasteiger partial charge is 0.348 e. The maximum Gasteiger partial charge on any atom is 0.177 e. The molecule has 2 atom stereocenters. The number of thioether (sulfide) groups is 1. The Hall–Kier alpha value is -2.88. The van der Waals surface area contributed by atoms with Crippen LogP contribution in [0.4, 0.5) is 13.2 Å². The van der Waals surface area contributed by atoms with Crippen LogP contribution in [0.2, 0.25) is 0 Å². The lowest BCUT2D eigenvalue weighted by Gasteiger charge is -2.44. The van der Waals surface area contributed by atoms with Gasteiger partial charge in [0.25, 0.3) is 0 Å². The first-order valence-electron chi connectivity index (χ1n) is 13.0. The van der Waals surface area contributed by atoms with Gasteiger partial charge in [-0.2, -0.15) is 5.10 Å². The molecule has 5 nitrogen and oxygen atoms in total. The van der Waals surface area contributed by atoms with Gasteiger partial charge in [-0.05, 0) is 42.2 Å². The molecule has 0 bridgehead atoms. The Bertz CT molecular complexity index is 1290. The summed E-state index contributed by atoms with van der Waals surface area (Å²) >= 11 is 1.66. The fourth-order valence-electron chi connectivity index (χ4n) is 5.03. The minimum Gasteiger partial charge on any atom is -0.348 e. The Morgan fingerprint density at radius 3 is 2.46 bits per heavy atom. The van der Waals surface area contributed by atoms with Crippen LogP contribution in [0.25, 0.3) is 6.08 Å². The Kier molecular flexibility index (Phi) is 9.69. The quantitative estimate of drug-likeness (QED) is 0.259. The predicted octanol–water partition coefficient (Wildman–Crippen LogP) is 6.73. The molecule has 39 heavy (non-hydrogen) atoms. The fourth-order valence-corrected chi connectivity index (χ4v) is 6.63. The molecule has 0 N–H and O–H groups in total. The van der Waals surface area contributed by atoms with Crippen LogP contribution in [0.5, 0.6) is 0 Å². The van der Waals surface area contributed by atoms with Crippen molar-refractivity contribution in [2.24, 2.45) is 5.92 Å². The molecule has 2 unspecified atom stereocenters. The molecule has 1 aliphatic rings. The highest BCUT2D eigenvalue weighted by Gasteiger charge is 2.45. The third kappa shape index (κ3) is 7.01. The number of allylic oxidation sites excluding steroid dienone is 2. The number of hydrogen-bond acceptors (Lipinski definition) is 5. The van der Waals surface area contributed by atoms with Crippen molar-refractivity contribution >= 4 is 17.8 Å². The van der Waals surface area contributed by atoms with Crippen molar-refractivity contribution in [2.45, 2.75) is 56.4 Å². The summed E-state index contributed by atoms with van der Waals surface area (Å²) in [5.41, 5.74) is 1.13. The fraction of sp³-hybridized carbons (Fsp3) is 0.400. The summed E-state index contributed by atoms with van der Waals surface area (Å²) in [6.07, 6.45) is 9.56. The van der Waals surface area contributed by atoms with Crippen molar-refractivity contribution < 1.29 is 22.6 Å². The zero-order chi connectivity index (χ0) is 28.0. The first kappa shape index (κ1) is 29.1. The van der Waals surface area contributed by atoms with Gasteiger partial charge in [0.15, 0.2) is 6.29 Å². The van der Waals surface area contributed by atoms with Crippen molar-refractivity contribution in [3.63, 3.8) is 0 Å². The topological polar surface area (TPSA) is 49.2 Å². The Balaban J connectivity index is 1.43. The highest BCUT2D eigenvalue weighted by molar-refractivity contribution is 8.00. The summed E-state index contributed by atoms with van der Waals surface area (Å²) in [5.74, 6) is -1.45. The number of aromatic nitrogens is 3. The molecule has 9 heteroatoms. The van der Waals surface area contributed by atoms with Gasteiger partial charge in [-0.15, -0.1) is 11.8 Å². The Morgan fingerprint density at radius 2 is 1.82 bits per heavy atom. The van der Waals surface area contributed by atoms with Crippen molar-refractivity contribution in [3.05, 3.63) is 101 Å². The molecular weight excluding hydrogens is 523 g/mol. The van der Waals surface area contributed by atoms with E-state index < -0.39 is 23.3 Å². The van der Waals surface area contributed by atoms with E-state index in [0.29, 0.717) is 30.9 Å². The summed E-state index contributed by atoms with van der Waals surface area (Å²) < 4.78 is 56.6. The van der Waals surface area contributed by atoms with Gasteiger partial charge in [-0.3, -0.25) is 4.68 Å². The first-order chi connectivity index (χ1) is 18.7. The normalized spacial score (nSPS) is 20.6. The van der Waals surface area contributed by atoms with E-state index in [0.717, 1.165) is 11.6 Å². The summed E-state index contributed by atoms with van der Waals surface area (Å²) in [6, 6.07) is 8.89. The minimum absolute atomic E-state index is 0.00424. The first-order valence-corrected chi connectivity index (χ1v) is 13.9. The van der Waals surface area contributed by atoms with Gasteiger partial charge in [0.05, 0.1) is 25.0 Å². The van der Waals surface area contributed by atoms with E-state index in [1.807, 2.05) is 26.8 Å². The monoisotopic (exact) mass is 557 g/mol. The Morgan fingerprint density at radius 1 is 1.05 bits per heavy atom.